The van der Waals surface area contributed by atoms with E-state index in [2.05, 4.69) is 27.7 Å². The number of carbonyl (C=O) groups excluding carboxylic acids is 1. The third-order valence-electron chi connectivity index (χ3n) is 7.04. The number of benzene rings is 3. The van der Waals surface area contributed by atoms with Crippen LogP contribution in [0.2, 0.25) is 0 Å². The van der Waals surface area contributed by atoms with Crippen LogP contribution in [0.25, 0.3) is 16.7 Å². The molecule has 5 aromatic rings. The second-order valence-corrected chi connectivity index (χ2v) is 9.98. The molecule has 1 fully saturated rings. The van der Waals surface area contributed by atoms with Crippen LogP contribution < -0.4 is 11.1 Å². The van der Waals surface area contributed by atoms with Crippen molar-refractivity contribution in [2.45, 2.75) is 32.2 Å². The summed E-state index contributed by atoms with van der Waals surface area (Å²) in [5.74, 6) is 0.319. The molecule has 0 amide bonds. The molecule has 0 radical (unpaired) electrons. The molecule has 38 heavy (non-hydrogen) atoms. The monoisotopic (exact) mass is 509 g/mol. The van der Waals surface area contributed by atoms with Gasteiger partial charge in [0.25, 0.3) is 0 Å². The van der Waals surface area contributed by atoms with E-state index in [1.54, 1.807) is 35.0 Å². The molecule has 1 atom stereocenters. The fraction of sp³-hybridized carbons (Fsp3) is 0.233. The Hall–Kier alpha value is -4.30. The van der Waals surface area contributed by atoms with E-state index in [1.165, 1.54) is 18.9 Å². The van der Waals surface area contributed by atoms with E-state index in [1.807, 2.05) is 31.2 Å². The van der Waals surface area contributed by atoms with Crippen molar-refractivity contribution in [1.82, 2.24) is 20.3 Å². The molecule has 6 rings (SSSR count). The van der Waals surface area contributed by atoms with Gasteiger partial charge in [-0.1, -0.05) is 47.6 Å². The lowest BCUT2D eigenvalue weighted by molar-refractivity contribution is 0.0984. The number of nitrogens with zero attached hydrogens (tertiary/aromatic N) is 3. The van der Waals surface area contributed by atoms with Crippen LogP contribution in [0.15, 0.2) is 77.3 Å². The second-order valence-electron chi connectivity index (χ2n) is 9.98. The number of ketones is 1. The zero-order valence-electron chi connectivity index (χ0n) is 21.0. The van der Waals surface area contributed by atoms with Gasteiger partial charge in [0.1, 0.15) is 11.5 Å². The third-order valence-corrected chi connectivity index (χ3v) is 7.04. The van der Waals surface area contributed by atoms with E-state index >= 15 is 4.39 Å². The first-order valence-electron chi connectivity index (χ1n) is 12.8. The summed E-state index contributed by atoms with van der Waals surface area (Å²) in [6.07, 6.45) is 2.38. The molecule has 0 aliphatic heterocycles. The number of fused-ring (bicyclic) bond motifs is 1. The average molecular weight is 510 g/mol. The van der Waals surface area contributed by atoms with Crippen molar-refractivity contribution in [3.05, 3.63) is 107 Å². The SMILES string of the molecule is Cc1cc(C(=O)Cc2cc(C(NCC3CC3)c3ccccc3)ccc2F)n(-c2ccc3onc(N)c3c2)n1. The Balaban J connectivity index is 1.31. The molecule has 3 N–H and O–H groups in total. The van der Waals surface area contributed by atoms with E-state index in [9.17, 15) is 4.79 Å². The smallest absolute Gasteiger partial charge is 0.185 e. The van der Waals surface area contributed by atoms with Gasteiger partial charge in [-0.05, 0) is 79.3 Å². The van der Waals surface area contributed by atoms with Gasteiger partial charge < -0.3 is 15.6 Å². The lowest BCUT2D eigenvalue weighted by Crippen LogP contribution is -2.25. The molecule has 0 bridgehead atoms. The first kappa shape index (κ1) is 24.1. The summed E-state index contributed by atoms with van der Waals surface area (Å²) in [4.78, 5) is 13.5. The lowest BCUT2D eigenvalue weighted by atomic mass is 9.95. The predicted octanol–water partition coefficient (Wildman–Crippen LogP) is 5.56. The van der Waals surface area contributed by atoms with E-state index in [0.29, 0.717) is 39.5 Å². The maximum atomic E-state index is 15.0. The number of Topliss-reactive ketones (excluding diaryl/α,β-unsaturated/α-hetero) is 1. The number of anilines is 1. The van der Waals surface area contributed by atoms with Crippen LogP contribution in [0, 0.1) is 18.7 Å². The zero-order chi connectivity index (χ0) is 26.2. The molecule has 1 aliphatic rings. The maximum absolute atomic E-state index is 15.0. The van der Waals surface area contributed by atoms with Gasteiger partial charge in [-0.3, -0.25) is 4.79 Å². The molecule has 8 heteroatoms. The number of hydrogen-bond donors (Lipinski definition) is 2. The van der Waals surface area contributed by atoms with Crippen molar-refractivity contribution in [2.24, 2.45) is 5.92 Å². The Morgan fingerprint density at radius 1 is 1.11 bits per heavy atom. The van der Waals surface area contributed by atoms with Crippen LogP contribution in [-0.4, -0.2) is 27.3 Å². The van der Waals surface area contributed by atoms with Gasteiger partial charge in [0.2, 0.25) is 0 Å². The summed E-state index contributed by atoms with van der Waals surface area (Å²) >= 11 is 0. The zero-order valence-corrected chi connectivity index (χ0v) is 21.0. The van der Waals surface area contributed by atoms with Crippen molar-refractivity contribution in [1.29, 1.82) is 0 Å². The topological polar surface area (TPSA) is 99.0 Å². The summed E-state index contributed by atoms with van der Waals surface area (Å²) in [5.41, 5.74) is 10.5. The summed E-state index contributed by atoms with van der Waals surface area (Å²) in [5, 5.41) is 12.6. The highest BCUT2D eigenvalue weighted by atomic mass is 19.1. The fourth-order valence-corrected chi connectivity index (χ4v) is 4.83. The predicted molar refractivity (Wildman–Crippen MR) is 144 cm³/mol. The molecule has 7 nitrogen and oxygen atoms in total. The molecule has 0 saturated heterocycles. The molecule has 2 aromatic heterocycles. The number of aromatic nitrogens is 3. The van der Waals surface area contributed by atoms with Crippen LogP contribution in [0.5, 0.6) is 0 Å². The van der Waals surface area contributed by atoms with Gasteiger partial charge >= 0.3 is 0 Å². The highest BCUT2D eigenvalue weighted by molar-refractivity contribution is 5.97. The van der Waals surface area contributed by atoms with Crippen LogP contribution in [0.1, 0.15) is 51.8 Å². The number of aryl methyl sites for hydroxylation is 1. The summed E-state index contributed by atoms with van der Waals surface area (Å²) in [6, 6.07) is 22.1. The number of halogens is 1. The average Bonchev–Trinajstić information content (AvgIpc) is 3.57. The van der Waals surface area contributed by atoms with Crippen molar-refractivity contribution in [3.63, 3.8) is 0 Å². The molecule has 1 unspecified atom stereocenters. The van der Waals surface area contributed by atoms with Crippen molar-refractivity contribution < 1.29 is 13.7 Å². The number of nitrogens with two attached hydrogens (primary N) is 1. The Kier molecular flexibility index (Phi) is 6.25. The second kappa shape index (κ2) is 9.87. The quantitative estimate of drug-likeness (QED) is 0.253. The fourth-order valence-electron chi connectivity index (χ4n) is 4.83. The first-order chi connectivity index (χ1) is 18.5. The molecule has 1 aliphatic carbocycles. The molecular weight excluding hydrogens is 481 g/mol. The van der Waals surface area contributed by atoms with Gasteiger partial charge in [-0.15, -0.1) is 0 Å². The Morgan fingerprint density at radius 2 is 1.92 bits per heavy atom. The number of nitrogens with one attached hydrogen (secondary N) is 1. The normalized spacial score (nSPS) is 14.2. The van der Waals surface area contributed by atoms with E-state index in [0.717, 1.165) is 17.7 Å². The number of carbonyl (C=O) groups is 1. The number of hydrogen-bond acceptors (Lipinski definition) is 6. The Bertz CT molecular complexity index is 1620. The van der Waals surface area contributed by atoms with Crippen molar-refractivity contribution in [2.75, 3.05) is 12.3 Å². The first-order valence-corrected chi connectivity index (χ1v) is 12.8. The maximum Gasteiger partial charge on any atom is 0.185 e. The van der Waals surface area contributed by atoms with E-state index < -0.39 is 5.82 Å². The number of rotatable bonds is 9. The van der Waals surface area contributed by atoms with E-state index in [-0.39, 0.29) is 24.1 Å². The minimum absolute atomic E-state index is 0.0835. The summed E-state index contributed by atoms with van der Waals surface area (Å²) in [6.45, 7) is 2.72. The van der Waals surface area contributed by atoms with Gasteiger partial charge in [0.15, 0.2) is 17.2 Å². The van der Waals surface area contributed by atoms with Crippen LogP contribution in [0.3, 0.4) is 0 Å². The summed E-state index contributed by atoms with van der Waals surface area (Å²) in [7, 11) is 0. The lowest BCUT2D eigenvalue weighted by Gasteiger charge is -2.21. The van der Waals surface area contributed by atoms with Crippen LogP contribution in [0.4, 0.5) is 10.2 Å². The van der Waals surface area contributed by atoms with Crippen LogP contribution in [-0.2, 0) is 6.42 Å². The van der Waals surface area contributed by atoms with E-state index in [4.69, 9.17) is 10.3 Å². The molecule has 192 valence electrons. The highest BCUT2D eigenvalue weighted by Gasteiger charge is 2.24. The minimum atomic E-state index is -0.405. The molecular formula is C30H28FN5O2. The largest absolute Gasteiger partial charge is 0.380 e. The summed E-state index contributed by atoms with van der Waals surface area (Å²) < 4.78 is 21.8. The minimum Gasteiger partial charge on any atom is -0.380 e. The van der Waals surface area contributed by atoms with Gasteiger partial charge in [-0.25, -0.2) is 9.07 Å². The molecule has 1 saturated carbocycles. The standard InChI is InChI=1S/C30H28FN5O2/c1-18-13-26(36(34-18)23-10-12-28-24(16-23)30(32)35-38-28)27(37)15-22-14-21(9-11-25(22)31)29(33-17-19-7-8-19)20-5-3-2-4-6-20/h2-6,9-14,16,19,29,33H,7-8,15,17H2,1H3,(H2,32,35). The van der Waals surface area contributed by atoms with Crippen LogP contribution >= 0.6 is 0 Å². The molecule has 0 spiro atoms. The van der Waals surface area contributed by atoms with Gasteiger partial charge in [0.05, 0.1) is 22.8 Å². The molecule has 2 heterocycles. The highest BCUT2D eigenvalue weighted by Crippen LogP contribution is 2.31. The third kappa shape index (κ3) is 4.82. The van der Waals surface area contributed by atoms with Gasteiger partial charge in [0, 0.05) is 6.42 Å². The Morgan fingerprint density at radius 3 is 2.71 bits per heavy atom. The van der Waals surface area contributed by atoms with Crippen molar-refractivity contribution in [3.8, 4) is 5.69 Å². The van der Waals surface area contributed by atoms with Gasteiger partial charge in [-0.2, -0.15) is 5.10 Å². The van der Waals surface area contributed by atoms with Crippen molar-refractivity contribution >= 4 is 22.6 Å². The number of nitrogen functional groups attached to an aromatic ring is 1. The molecule has 3 aromatic carbocycles. The Labute approximate surface area is 219 Å².